The van der Waals surface area contributed by atoms with Crippen molar-refractivity contribution in [2.75, 3.05) is 4.72 Å². The summed E-state index contributed by atoms with van der Waals surface area (Å²) in [4.78, 5) is 0. The second-order valence-electron chi connectivity index (χ2n) is 3.43. The van der Waals surface area contributed by atoms with Crippen LogP contribution >= 0.6 is 0 Å². The van der Waals surface area contributed by atoms with Gasteiger partial charge in [0, 0.05) is 5.56 Å². The van der Waals surface area contributed by atoms with E-state index in [0.717, 1.165) is 5.56 Å². The summed E-state index contributed by atoms with van der Waals surface area (Å²) in [6.45, 7) is 0. The zero-order valence-electron chi connectivity index (χ0n) is 8.83. The predicted octanol–water partition coefficient (Wildman–Crippen LogP) is 2.00. The second-order valence-corrected chi connectivity index (χ2v) is 4.17. The van der Waals surface area contributed by atoms with E-state index in [1.54, 1.807) is 12.1 Å². The van der Waals surface area contributed by atoms with E-state index in [-0.39, 0.29) is 11.4 Å². The molecule has 0 saturated heterocycles. The van der Waals surface area contributed by atoms with E-state index in [1.165, 1.54) is 6.07 Å². The van der Waals surface area contributed by atoms with Gasteiger partial charge in [-0.1, -0.05) is 42.5 Å². The van der Waals surface area contributed by atoms with Crippen molar-refractivity contribution in [3.05, 3.63) is 48.5 Å². The van der Waals surface area contributed by atoms with E-state index < -0.39 is 10.9 Å². The minimum absolute atomic E-state index is 0.0921. The molecule has 2 aromatic rings. The van der Waals surface area contributed by atoms with Gasteiger partial charge in [0.25, 0.3) is 0 Å². The molecular weight excluding hydrogens is 238 g/mol. The normalized spacial score (nSPS) is 10.4. The van der Waals surface area contributed by atoms with Gasteiger partial charge >= 0.3 is 0 Å². The van der Waals surface area contributed by atoms with Crippen molar-refractivity contribution < 1.29 is 13.5 Å². The second kappa shape index (κ2) is 4.88. The van der Waals surface area contributed by atoms with Crippen molar-refractivity contribution in [1.82, 2.24) is 0 Å². The van der Waals surface area contributed by atoms with Crippen LogP contribution in [-0.2, 0) is 10.9 Å². The van der Waals surface area contributed by atoms with Crippen LogP contribution in [0.1, 0.15) is 0 Å². The third kappa shape index (κ3) is 2.57. The maximum Gasteiger partial charge on any atom is 0.222 e. The van der Waals surface area contributed by atoms with Gasteiger partial charge in [-0.2, -0.15) is 0 Å². The van der Waals surface area contributed by atoms with E-state index in [9.17, 15) is 13.5 Å². The summed E-state index contributed by atoms with van der Waals surface area (Å²) in [5.41, 5.74) is 1.68. The third-order valence-corrected chi connectivity index (χ3v) is 2.74. The van der Waals surface area contributed by atoms with Crippen LogP contribution in [-0.4, -0.2) is 13.5 Å². The number of para-hydroxylation sites is 1. The molecule has 0 saturated carbocycles. The lowest BCUT2D eigenvalue weighted by Crippen LogP contribution is -1.97. The highest BCUT2D eigenvalue weighted by molar-refractivity contribution is 7.73. The third-order valence-electron chi connectivity index (χ3n) is 2.33. The highest BCUT2D eigenvalue weighted by atomic mass is 32.2. The zero-order chi connectivity index (χ0) is 12.3. The monoisotopic (exact) mass is 249 g/mol. The van der Waals surface area contributed by atoms with Gasteiger partial charge in [0.2, 0.25) is 10.9 Å². The largest absolute Gasteiger partial charge is 0.506 e. The number of hydrogen-bond acceptors (Lipinski definition) is 3. The summed E-state index contributed by atoms with van der Waals surface area (Å²) in [7, 11) is -2.81. The summed E-state index contributed by atoms with van der Waals surface area (Å²) in [6, 6.07) is 14.1. The SMILES string of the molecule is O=[SH](=O)Nc1c(O)cccc1-c1ccccc1. The molecule has 0 amide bonds. The van der Waals surface area contributed by atoms with Crippen LogP contribution < -0.4 is 4.72 Å². The molecule has 0 atom stereocenters. The van der Waals surface area contributed by atoms with Crippen molar-refractivity contribution >= 4 is 16.6 Å². The molecule has 4 nitrogen and oxygen atoms in total. The highest BCUT2D eigenvalue weighted by Crippen LogP contribution is 2.34. The summed E-state index contributed by atoms with van der Waals surface area (Å²) >= 11 is 0. The summed E-state index contributed by atoms with van der Waals surface area (Å²) in [6.07, 6.45) is 0. The molecule has 88 valence electrons. The number of rotatable bonds is 3. The Balaban J connectivity index is 2.58. The van der Waals surface area contributed by atoms with Gasteiger partial charge in [-0.15, -0.1) is 0 Å². The Morgan fingerprint density at radius 2 is 1.65 bits per heavy atom. The van der Waals surface area contributed by atoms with Gasteiger partial charge in [-0.25, -0.2) is 8.42 Å². The Hall–Kier alpha value is -2.01. The maximum absolute atomic E-state index is 10.7. The molecule has 0 aliphatic carbocycles. The zero-order valence-corrected chi connectivity index (χ0v) is 9.72. The molecule has 0 aliphatic heterocycles. The number of aromatic hydroxyl groups is 1. The Labute approximate surface area is 101 Å². The molecule has 0 bridgehead atoms. The number of anilines is 1. The number of thiol groups is 1. The predicted molar refractivity (Wildman–Crippen MR) is 67.5 cm³/mol. The molecule has 0 aromatic heterocycles. The summed E-state index contributed by atoms with van der Waals surface area (Å²) in [5.74, 6) is -0.0921. The van der Waals surface area contributed by atoms with Crippen LogP contribution in [0.5, 0.6) is 5.75 Å². The molecule has 0 spiro atoms. The van der Waals surface area contributed by atoms with E-state index >= 15 is 0 Å². The molecule has 2 N–H and O–H groups in total. The summed E-state index contributed by atoms with van der Waals surface area (Å²) < 4.78 is 23.7. The fourth-order valence-corrected chi connectivity index (χ4v) is 2.02. The quantitative estimate of drug-likeness (QED) is 0.575. The molecule has 0 fully saturated rings. The smallest absolute Gasteiger partial charge is 0.222 e. The number of phenolic OH excluding ortho intramolecular Hbond substituents is 1. The van der Waals surface area contributed by atoms with Crippen LogP contribution in [0.3, 0.4) is 0 Å². The first-order valence-corrected chi connectivity index (χ1v) is 6.14. The van der Waals surface area contributed by atoms with Crippen LogP contribution in [0, 0.1) is 0 Å². The fraction of sp³-hybridized carbons (Fsp3) is 0. The minimum Gasteiger partial charge on any atom is -0.506 e. The van der Waals surface area contributed by atoms with Crippen molar-refractivity contribution in [3.8, 4) is 16.9 Å². The first kappa shape index (κ1) is 11.5. The van der Waals surface area contributed by atoms with E-state index in [4.69, 9.17) is 0 Å². The molecule has 0 heterocycles. The van der Waals surface area contributed by atoms with Crippen molar-refractivity contribution in [2.24, 2.45) is 0 Å². The number of nitrogens with one attached hydrogen (secondary N) is 1. The number of phenols is 1. The fourth-order valence-electron chi connectivity index (χ4n) is 1.61. The highest BCUT2D eigenvalue weighted by Gasteiger charge is 2.09. The van der Waals surface area contributed by atoms with E-state index in [1.807, 2.05) is 30.3 Å². The average Bonchev–Trinajstić information content (AvgIpc) is 2.32. The van der Waals surface area contributed by atoms with Gasteiger partial charge in [0.05, 0.1) is 5.69 Å². The van der Waals surface area contributed by atoms with Gasteiger partial charge in [-0.05, 0) is 11.6 Å². The minimum atomic E-state index is -2.81. The van der Waals surface area contributed by atoms with Gasteiger partial charge in [-0.3, -0.25) is 4.72 Å². The van der Waals surface area contributed by atoms with Crippen LogP contribution in [0.15, 0.2) is 48.5 Å². The molecule has 0 radical (unpaired) electrons. The van der Waals surface area contributed by atoms with Crippen LogP contribution in [0.4, 0.5) is 5.69 Å². The lowest BCUT2D eigenvalue weighted by molar-refractivity contribution is 0.478. The molecule has 17 heavy (non-hydrogen) atoms. The molecule has 2 aromatic carbocycles. The molecule has 0 unspecified atom stereocenters. The summed E-state index contributed by atoms with van der Waals surface area (Å²) in [5, 5.41) is 9.67. The lowest BCUT2D eigenvalue weighted by atomic mass is 10.0. The van der Waals surface area contributed by atoms with Crippen LogP contribution in [0.2, 0.25) is 0 Å². The van der Waals surface area contributed by atoms with Crippen molar-refractivity contribution in [3.63, 3.8) is 0 Å². The van der Waals surface area contributed by atoms with Crippen molar-refractivity contribution in [1.29, 1.82) is 0 Å². The molecule has 5 heteroatoms. The number of benzene rings is 2. The maximum atomic E-state index is 10.7. The number of hydrogen-bond donors (Lipinski definition) is 3. The van der Waals surface area contributed by atoms with Crippen LogP contribution in [0.25, 0.3) is 11.1 Å². The first-order valence-electron chi connectivity index (χ1n) is 4.97. The molecule has 0 aliphatic rings. The van der Waals surface area contributed by atoms with Gasteiger partial charge < -0.3 is 5.11 Å². The van der Waals surface area contributed by atoms with E-state index in [0.29, 0.717) is 5.56 Å². The van der Waals surface area contributed by atoms with Crippen molar-refractivity contribution in [2.45, 2.75) is 0 Å². The topological polar surface area (TPSA) is 66.4 Å². The molecular formula is C12H11NO3S. The Bertz CT molecular complexity index is 586. The Kier molecular flexibility index (Phi) is 3.30. The first-order chi connectivity index (χ1) is 8.18. The van der Waals surface area contributed by atoms with E-state index in [2.05, 4.69) is 4.72 Å². The van der Waals surface area contributed by atoms with Gasteiger partial charge in [0.15, 0.2) is 0 Å². The lowest BCUT2D eigenvalue weighted by Gasteiger charge is -2.10. The molecule has 2 rings (SSSR count). The Morgan fingerprint density at radius 3 is 2.29 bits per heavy atom. The van der Waals surface area contributed by atoms with Gasteiger partial charge in [0.1, 0.15) is 5.75 Å². The standard InChI is InChI=1S/C12H11NO3S/c14-11-8-4-7-10(12(11)13-17(15)16)9-5-2-1-3-6-9/h1-8,14,17H,(H,13,15,16). The average molecular weight is 249 g/mol. The Morgan fingerprint density at radius 1 is 0.941 bits per heavy atom.